The molecule has 0 saturated heterocycles. The van der Waals surface area contributed by atoms with Crippen molar-refractivity contribution in [3.8, 4) is 5.75 Å². The van der Waals surface area contributed by atoms with Crippen molar-refractivity contribution in [2.75, 3.05) is 30.3 Å². The van der Waals surface area contributed by atoms with Crippen LogP contribution in [0, 0.1) is 0 Å². The Labute approximate surface area is 291 Å². The largest absolute Gasteiger partial charge is 0.494 e. The molecule has 1 N–H and O–H groups in total. The molecule has 248 valence electrons. The highest BCUT2D eigenvalue weighted by Gasteiger charge is 2.34. The highest BCUT2D eigenvalue weighted by Crippen LogP contribution is 2.29. The van der Waals surface area contributed by atoms with E-state index in [-0.39, 0.29) is 29.5 Å². The van der Waals surface area contributed by atoms with Crippen LogP contribution >= 0.6 is 35.0 Å². The molecular formula is C35H37Cl2N3O5S2. The summed E-state index contributed by atoms with van der Waals surface area (Å²) in [5.74, 6) is -0.390. The SMILES string of the molecule is CCNC(=O)[C@@H](Cc1ccccc1)N(Cc1ccc(Cl)c(Cl)c1)C(=O)CN(c1ccc(OCC)cc1)S(=O)(=O)c1ccc(SC)cc1. The van der Waals surface area contributed by atoms with Gasteiger partial charge >= 0.3 is 0 Å². The monoisotopic (exact) mass is 713 g/mol. The normalized spacial score (nSPS) is 11.9. The lowest BCUT2D eigenvalue weighted by Gasteiger charge is -2.34. The zero-order valence-corrected chi connectivity index (χ0v) is 29.5. The predicted octanol–water partition coefficient (Wildman–Crippen LogP) is 7.09. The van der Waals surface area contributed by atoms with Crippen molar-refractivity contribution in [1.29, 1.82) is 0 Å². The standard InChI is InChI=1S/C35H37Cl2N3O5S2/c1-4-38-35(42)33(22-25-9-7-6-8-10-25)39(23-26-11-20-31(36)32(37)21-26)34(41)24-40(27-12-14-28(15-13-27)45-5-2)47(43,44)30-18-16-29(46-3)17-19-30/h6-21,33H,4-5,22-24H2,1-3H3,(H,38,42)/t33-/m1/s1. The van der Waals surface area contributed by atoms with Crippen molar-refractivity contribution in [2.24, 2.45) is 0 Å². The Balaban J connectivity index is 1.81. The molecule has 0 aromatic heterocycles. The van der Waals surface area contributed by atoms with Gasteiger partial charge in [0.1, 0.15) is 18.3 Å². The summed E-state index contributed by atoms with van der Waals surface area (Å²) in [5.41, 5.74) is 1.72. The van der Waals surface area contributed by atoms with E-state index < -0.39 is 28.5 Å². The number of thioether (sulfide) groups is 1. The van der Waals surface area contributed by atoms with Crippen LogP contribution in [0.5, 0.6) is 5.75 Å². The fraction of sp³-hybridized carbons (Fsp3) is 0.257. The number of benzene rings is 4. The summed E-state index contributed by atoms with van der Waals surface area (Å²) in [4.78, 5) is 30.5. The number of rotatable bonds is 15. The number of sulfonamides is 1. The molecule has 4 aromatic rings. The van der Waals surface area contributed by atoms with Crippen LogP contribution in [-0.4, -0.2) is 57.1 Å². The summed E-state index contributed by atoms with van der Waals surface area (Å²) in [7, 11) is -4.24. The van der Waals surface area contributed by atoms with Crippen LogP contribution in [0.15, 0.2) is 107 Å². The average molecular weight is 715 g/mol. The summed E-state index contributed by atoms with van der Waals surface area (Å²) in [6, 6.07) is 26.3. The minimum absolute atomic E-state index is 0.0239. The predicted molar refractivity (Wildman–Crippen MR) is 190 cm³/mol. The Bertz CT molecular complexity index is 1760. The summed E-state index contributed by atoms with van der Waals surface area (Å²) < 4.78 is 35.1. The summed E-state index contributed by atoms with van der Waals surface area (Å²) in [6.07, 6.45) is 2.10. The highest BCUT2D eigenvalue weighted by molar-refractivity contribution is 7.98. The van der Waals surface area contributed by atoms with Gasteiger partial charge in [0.25, 0.3) is 10.0 Å². The molecule has 0 fully saturated rings. The van der Waals surface area contributed by atoms with Crippen LogP contribution in [0.3, 0.4) is 0 Å². The van der Waals surface area contributed by atoms with Gasteiger partial charge in [-0.3, -0.25) is 13.9 Å². The van der Waals surface area contributed by atoms with Crippen LogP contribution < -0.4 is 14.4 Å². The molecule has 2 amide bonds. The number of carbonyl (C=O) groups excluding carboxylic acids is 2. The van der Waals surface area contributed by atoms with Gasteiger partial charge in [0.2, 0.25) is 11.8 Å². The third kappa shape index (κ3) is 9.44. The average Bonchev–Trinajstić information content (AvgIpc) is 3.07. The van der Waals surface area contributed by atoms with E-state index in [1.54, 1.807) is 61.5 Å². The molecule has 0 bridgehead atoms. The molecule has 0 aliphatic rings. The molecule has 0 aliphatic heterocycles. The van der Waals surface area contributed by atoms with Gasteiger partial charge in [-0.2, -0.15) is 0 Å². The number of hydrogen-bond donors (Lipinski definition) is 1. The molecule has 0 heterocycles. The van der Waals surface area contributed by atoms with Gasteiger partial charge < -0.3 is 15.0 Å². The second kappa shape index (κ2) is 16.9. The maximum absolute atomic E-state index is 14.5. The van der Waals surface area contributed by atoms with Gasteiger partial charge in [-0.15, -0.1) is 11.8 Å². The van der Waals surface area contributed by atoms with E-state index in [1.807, 2.05) is 43.5 Å². The number of ether oxygens (including phenoxy) is 1. The number of likely N-dealkylation sites (N-methyl/N-ethyl adjacent to an activating group) is 1. The molecule has 0 saturated carbocycles. The lowest BCUT2D eigenvalue weighted by molar-refractivity contribution is -0.140. The van der Waals surface area contributed by atoms with E-state index in [9.17, 15) is 18.0 Å². The zero-order valence-electron chi connectivity index (χ0n) is 26.4. The van der Waals surface area contributed by atoms with Gasteiger partial charge in [0.15, 0.2) is 0 Å². The molecule has 8 nitrogen and oxygen atoms in total. The smallest absolute Gasteiger partial charge is 0.264 e. The Morgan fingerprint density at radius 1 is 0.872 bits per heavy atom. The number of nitrogens with zero attached hydrogens (tertiary/aromatic N) is 2. The first-order valence-electron chi connectivity index (χ1n) is 15.0. The maximum Gasteiger partial charge on any atom is 0.264 e. The molecule has 0 radical (unpaired) electrons. The van der Waals surface area contributed by atoms with E-state index >= 15 is 0 Å². The van der Waals surface area contributed by atoms with E-state index in [2.05, 4.69) is 5.32 Å². The lowest BCUT2D eigenvalue weighted by Crippen LogP contribution is -2.53. The van der Waals surface area contributed by atoms with Crippen LogP contribution in [0.4, 0.5) is 5.69 Å². The molecular weight excluding hydrogens is 677 g/mol. The lowest BCUT2D eigenvalue weighted by atomic mass is 10.0. The van der Waals surface area contributed by atoms with Gasteiger partial charge in [-0.1, -0.05) is 59.6 Å². The summed E-state index contributed by atoms with van der Waals surface area (Å²) >= 11 is 14.0. The van der Waals surface area contributed by atoms with Crippen LogP contribution in [0.25, 0.3) is 0 Å². The van der Waals surface area contributed by atoms with Gasteiger partial charge in [-0.25, -0.2) is 8.42 Å². The molecule has 0 aliphatic carbocycles. The topological polar surface area (TPSA) is 96.0 Å². The summed E-state index contributed by atoms with van der Waals surface area (Å²) in [5, 5.41) is 3.49. The third-order valence-corrected chi connectivity index (χ3v) is 10.6. The van der Waals surface area contributed by atoms with Crippen molar-refractivity contribution in [3.05, 3.63) is 118 Å². The zero-order chi connectivity index (χ0) is 34.0. The van der Waals surface area contributed by atoms with Gasteiger partial charge in [0.05, 0.1) is 27.2 Å². The van der Waals surface area contributed by atoms with Crippen LogP contribution in [0.2, 0.25) is 10.0 Å². The van der Waals surface area contributed by atoms with Crippen molar-refractivity contribution >= 4 is 62.5 Å². The van der Waals surface area contributed by atoms with Crippen LogP contribution in [-0.2, 0) is 32.6 Å². The Morgan fingerprint density at radius 2 is 1.55 bits per heavy atom. The van der Waals surface area contributed by atoms with E-state index in [4.69, 9.17) is 27.9 Å². The quantitative estimate of drug-likeness (QED) is 0.132. The van der Waals surface area contributed by atoms with Gasteiger partial charge in [0, 0.05) is 24.4 Å². The Morgan fingerprint density at radius 3 is 2.15 bits per heavy atom. The molecule has 4 aromatic carbocycles. The fourth-order valence-corrected chi connectivity index (χ4v) is 7.10. The Kier molecular flexibility index (Phi) is 13.0. The molecule has 0 spiro atoms. The number of hydrogen-bond acceptors (Lipinski definition) is 6. The summed E-state index contributed by atoms with van der Waals surface area (Å²) in [6.45, 7) is 3.83. The molecule has 1 atom stereocenters. The third-order valence-electron chi connectivity index (χ3n) is 7.32. The van der Waals surface area contributed by atoms with Crippen molar-refractivity contribution in [3.63, 3.8) is 0 Å². The number of nitrogens with one attached hydrogen (secondary N) is 1. The first-order chi connectivity index (χ1) is 22.6. The highest BCUT2D eigenvalue weighted by atomic mass is 35.5. The van der Waals surface area contributed by atoms with Crippen LogP contribution in [0.1, 0.15) is 25.0 Å². The fourth-order valence-electron chi connectivity index (χ4n) is 4.96. The second-order valence-corrected chi connectivity index (χ2v) is 14.0. The Hall–Kier alpha value is -3.70. The van der Waals surface area contributed by atoms with Gasteiger partial charge in [-0.05, 0) is 91.9 Å². The maximum atomic E-state index is 14.5. The van der Waals surface area contributed by atoms with E-state index in [1.165, 1.54) is 28.8 Å². The number of halogens is 2. The first-order valence-corrected chi connectivity index (χ1v) is 18.4. The second-order valence-electron chi connectivity index (χ2n) is 10.5. The molecule has 0 unspecified atom stereocenters. The molecule has 12 heteroatoms. The molecule has 47 heavy (non-hydrogen) atoms. The minimum atomic E-state index is -4.24. The number of anilines is 1. The van der Waals surface area contributed by atoms with Crippen molar-refractivity contribution in [2.45, 2.75) is 42.6 Å². The van der Waals surface area contributed by atoms with E-state index in [0.29, 0.717) is 34.5 Å². The minimum Gasteiger partial charge on any atom is -0.494 e. The van der Waals surface area contributed by atoms with Crippen molar-refractivity contribution in [1.82, 2.24) is 10.2 Å². The van der Waals surface area contributed by atoms with E-state index in [0.717, 1.165) is 14.8 Å². The number of carbonyl (C=O) groups is 2. The first kappa shape index (κ1) is 36.1. The van der Waals surface area contributed by atoms with Crippen molar-refractivity contribution < 1.29 is 22.7 Å². The molecule has 4 rings (SSSR count). The number of amides is 2.